The maximum Gasteiger partial charge on any atom is 0.222 e. The van der Waals surface area contributed by atoms with Crippen LogP contribution in [0.25, 0.3) is 0 Å². The lowest BCUT2D eigenvalue weighted by Crippen LogP contribution is -2.63. The first-order valence-electron chi connectivity index (χ1n) is 8.70. The third kappa shape index (κ3) is 4.46. The molecule has 1 heterocycles. The van der Waals surface area contributed by atoms with Crippen molar-refractivity contribution in [3.8, 4) is 12.3 Å². The quantitative estimate of drug-likeness (QED) is 0.428. The van der Waals surface area contributed by atoms with Gasteiger partial charge in [-0.15, -0.1) is 6.42 Å². The van der Waals surface area contributed by atoms with E-state index >= 15 is 0 Å². The van der Waals surface area contributed by atoms with E-state index in [-0.39, 0.29) is 11.0 Å². The van der Waals surface area contributed by atoms with Crippen molar-refractivity contribution < 1.29 is 35.7 Å². The number of hydrogen-bond donors (Lipinski definition) is 5. The van der Waals surface area contributed by atoms with Gasteiger partial charge in [-0.1, -0.05) is 35.7 Å². The van der Waals surface area contributed by atoms with Crippen LogP contribution >= 0.6 is 11.6 Å². The second kappa shape index (κ2) is 9.22. The van der Waals surface area contributed by atoms with Crippen LogP contribution in [-0.4, -0.2) is 62.0 Å². The minimum absolute atomic E-state index is 0. The number of rotatable bonds is 4. The molecule has 0 saturated carbocycles. The Bertz CT molecular complexity index is 878. The molecule has 8 heteroatoms. The first-order valence-corrected chi connectivity index (χ1v) is 9.07. The maximum absolute atomic E-state index is 10.9. The van der Waals surface area contributed by atoms with E-state index in [2.05, 4.69) is 5.92 Å². The van der Waals surface area contributed by atoms with E-state index in [1.807, 2.05) is 12.1 Å². The highest BCUT2D eigenvalue weighted by atomic mass is 35.5. The summed E-state index contributed by atoms with van der Waals surface area (Å²) in [5, 5.41) is 51.0. The molecular formula is C21H23ClO7. The lowest BCUT2D eigenvalue weighted by molar-refractivity contribution is -0.357. The van der Waals surface area contributed by atoms with E-state index in [0.29, 0.717) is 17.0 Å². The largest absolute Gasteiger partial charge is 0.412 e. The molecule has 7 N–H and O–H groups in total. The maximum atomic E-state index is 10.9. The molecule has 0 radical (unpaired) electrons. The molecule has 1 aliphatic rings. The molecule has 3 rings (SSSR count). The Morgan fingerprint density at radius 1 is 1.07 bits per heavy atom. The average molecular weight is 423 g/mol. The van der Waals surface area contributed by atoms with Crippen molar-refractivity contribution in [2.75, 3.05) is 6.61 Å². The fraction of sp³-hybridized carbons (Fsp3) is 0.333. The van der Waals surface area contributed by atoms with Crippen LogP contribution in [0.3, 0.4) is 0 Å². The summed E-state index contributed by atoms with van der Waals surface area (Å²) in [4.78, 5) is 0. The Morgan fingerprint density at radius 2 is 1.72 bits per heavy atom. The van der Waals surface area contributed by atoms with Crippen LogP contribution in [0.1, 0.15) is 22.3 Å². The second-order valence-corrected chi connectivity index (χ2v) is 7.19. The molecule has 156 valence electrons. The Labute approximate surface area is 173 Å². The van der Waals surface area contributed by atoms with Crippen molar-refractivity contribution in [2.45, 2.75) is 36.6 Å². The SMILES string of the molecule is C#Cc1ccc(Cc2cc([C@@]3(O)O[C@H](CO)[C@@H](O)[C@H](O)[C@H]3O)ccc2Cl)cc1.O. The van der Waals surface area contributed by atoms with E-state index in [1.165, 1.54) is 6.07 Å². The van der Waals surface area contributed by atoms with Crippen molar-refractivity contribution in [3.63, 3.8) is 0 Å². The van der Waals surface area contributed by atoms with Crippen molar-refractivity contribution in [2.24, 2.45) is 0 Å². The molecule has 2 aromatic carbocycles. The normalized spacial score (nSPS) is 29.0. The summed E-state index contributed by atoms with van der Waals surface area (Å²) >= 11 is 6.29. The number of ether oxygens (including phenoxy) is 1. The van der Waals surface area contributed by atoms with Crippen molar-refractivity contribution >= 4 is 11.6 Å². The highest BCUT2D eigenvalue weighted by Gasteiger charge is 2.53. The van der Waals surface area contributed by atoms with E-state index in [1.54, 1.807) is 24.3 Å². The van der Waals surface area contributed by atoms with Crippen molar-refractivity contribution in [1.82, 2.24) is 0 Å². The standard InChI is InChI=1S/C21H21ClO6.H2O/c1-2-12-3-5-13(6-4-12)9-14-10-15(7-8-16(14)22)21(27)20(26)19(25)18(24)17(11-23)28-21;/h1,3-8,10,17-20,23-27H,9,11H2;1H2/t17-,18-,19+,20-,21-;/m1./s1. The number of halogens is 1. The molecule has 1 fully saturated rings. The minimum atomic E-state index is -2.32. The lowest BCUT2D eigenvalue weighted by Gasteiger charge is -2.45. The van der Waals surface area contributed by atoms with Crippen molar-refractivity contribution in [1.29, 1.82) is 0 Å². The lowest BCUT2D eigenvalue weighted by atomic mass is 9.87. The summed E-state index contributed by atoms with van der Waals surface area (Å²) in [5.74, 6) is 0.220. The molecule has 0 aromatic heterocycles. The van der Waals surface area contributed by atoms with Gasteiger partial charge in [0.25, 0.3) is 0 Å². The number of hydrogen-bond acceptors (Lipinski definition) is 6. The monoisotopic (exact) mass is 422 g/mol. The molecule has 0 amide bonds. The highest BCUT2D eigenvalue weighted by molar-refractivity contribution is 6.31. The van der Waals surface area contributed by atoms with Crippen molar-refractivity contribution in [3.05, 3.63) is 69.7 Å². The molecular weight excluding hydrogens is 400 g/mol. The molecule has 2 aromatic rings. The smallest absolute Gasteiger partial charge is 0.222 e. The first-order chi connectivity index (χ1) is 13.3. The molecule has 0 bridgehead atoms. The van der Waals surface area contributed by atoms with E-state index in [0.717, 1.165) is 11.1 Å². The van der Waals surface area contributed by atoms with Gasteiger partial charge in [-0.25, -0.2) is 0 Å². The Hall–Kier alpha value is -1.99. The second-order valence-electron chi connectivity index (χ2n) is 6.79. The zero-order chi connectivity index (χ0) is 20.5. The molecule has 1 aliphatic heterocycles. The zero-order valence-electron chi connectivity index (χ0n) is 15.4. The summed E-state index contributed by atoms with van der Waals surface area (Å²) in [7, 11) is 0. The summed E-state index contributed by atoms with van der Waals surface area (Å²) in [6.07, 6.45) is -0.546. The van der Waals surface area contributed by atoms with Crippen LogP contribution in [-0.2, 0) is 16.9 Å². The van der Waals surface area contributed by atoms with E-state index in [4.69, 9.17) is 22.8 Å². The van der Waals surface area contributed by atoms with E-state index in [9.17, 15) is 25.5 Å². The first kappa shape index (κ1) is 23.3. The average Bonchev–Trinajstić information content (AvgIpc) is 2.71. The summed E-state index contributed by atoms with van der Waals surface area (Å²) in [6, 6.07) is 11.9. The molecule has 0 unspecified atom stereocenters. The summed E-state index contributed by atoms with van der Waals surface area (Å²) < 4.78 is 5.36. The van der Waals surface area contributed by atoms with Crippen LogP contribution in [0.4, 0.5) is 0 Å². The van der Waals surface area contributed by atoms with Crippen LogP contribution in [0.5, 0.6) is 0 Å². The van der Waals surface area contributed by atoms with Gasteiger partial charge in [0.2, 0.25) is 5.79 Å². The Balaban J connectivity index is 0.00000300. The Morgan fingerprint density at radius 3 is 2.31 bits per heavy atom. The predicted octanol–water partition coefficient (Wildman–Crippen LogP) is -0.294. The molecule has 29 heavy (non-hydrogen) atoms. The van der Waals surface area contributed by atoms with E-state index < -0.39 is 36.8 Å². The van der Waals surface area contributed by atoms with Gasteiger partial charge < -0.3 is 35.7 Å². The third-order valence-corrected chi connectivity index (χ3v) is 5.31. The van der Waals surface area contributed by atoms with Gasteiger partial charge in [0.15, 0.2) is 0 Å². The number of aliphatic hydroxyl groups is 5. The molecule has 1 saturated heterocycles. The topological polar surface area (TPSA) is 142 Å². The predicted molar refractivity (Wildman–Crippen MR) is 106 cm³/mol. The molecule has 7 nitrogen and oxygen atoms in total. The summed E-state index contributed by atoms with van der Waals surface area (Å²) in [5.41, 5.74) is 2.47. The number of terminal acetylenes is 1. The van der Waals surface area contributed by atoms with Gasteiger partial charge in [0.1, 0.15) is 24.4 Å². The Kier molecular flexibility index (Phi) is 7.40. The van der Waals surface area contributed by atoms with Crippen LogP contribution in [0, 0.1) is 12.3 Å². The van der Waals surface area contributed by atoms with Gasteiger partial charge >= 0.3 is 0 Å². The third-order valence-electron chi connectivity index (χ3n) is 4.94. The molecule has 0 aliphatic carbocycles. The molecule has 5 atom stereocenters. The van der Waals surface area contributed by atoms with Crippen LogP contribution < -0.4 is 0 Å². The van der Waals surface area contributed by atoms with Gasteiger partial charge in [0, 0.05) is 16.1 Å². The zero-order valence-corrected chi connectivity index (χ0v) is 16.1. The molecule has 0 spiro atoms. The fourth-order valence-corrected chi connectivity index (χ4v) is 3.45. The van der Waals surface area contributed by atoms with Crippen LogP contribution in [0.2, 0.25) is 5.02 Å². The highest BCUT2D eigenvalue weighted by Crippen LogP contribution is 2.37. The van der Waals surface area contributed by atoms with Gasteiger partial charge in [-0.2, -0.15) is 0 Å². The van der Waals surface area contributed by atoms with Gasteiger partial charge in [-0.05, 0) is 41.8 Å². The minimum Gasteiger partial charge on any atom is -0.412 e. The number of benzene rings is 2. The number of aliphatic hydroxyl groups excluding tert-OH is 4. The fourth-order valence-electron chi connectivity index (χ4n) is 3.26. The van der Waals surface area contributed by atoms with Gasteiger partial charge in [0.05, 0.1) is 6.61 Å². The van der Waals surface area contributed by atoms with Crippen LogP contribution in [0.15, 0.2) is 42.5 Å². The van der Waals surface area contributed by atoms with Gasteiger partial charge in [-0.3, -0.25) is 0 Å². The summed E-state index contributed by atoms with van der Waals surface area (Å²) in [6.45, 7) is -0.644.